The molecular weight excluding hydrogens is 373 g/mol. The van der Waals surface area contributed by atoms with Gasteiger partial charge >= 0.3 is 0 Å². The molecule has 3 heterocycles. The lowest BCUT2D eigenvalue weighted by Crippen LogP contribution is -3.12. The molecule has 2 aliphatic heterocycles. The monoisotopic (exact) mass is 402 g/mol. The van der Waals surface area contributed by atoms with Crippen molar-refractivity contribution in [3.05, 3.63) is 39.4 Å². The summed E-state index contributed by atoms with van der Waals surface area (Å²) in [6.07, 6.45) is 5.95. The highest BCUT2D eigenvalue weighted by Crippen LogP contribution is 2.35. The molecule has 0 saturated carbocycles. The van der Waals surface area contributed by atoms with Gasteiger partial charge in [0.2, 0.25) is 0 Å². The molecule has 0 bridgehead atoms. The Labute approximate surface area is 169 Å². The van der Waals surface area contributed by atoms with E-state index >= 15 is 0 Å². The number of nitrogens with zero attached hydrogens (tertiary/aromatic N) is 1. The number of carbonyl (C=O) groups is 1. The van der Waals surface area contributed by atoms with Crippen LogP contribution in [0.25, 0.3) is 10.9 Å². The fraction of sp³-hybridized carbons (Fsp3) is 0.545. The van der Waals surface area contributed by atoms with Crippen molar-refractivity contribution in [2.75, 3.05) is 26.2 Å². The van der Waals surface area contributed by atoms with Crippen molar-refractivity contribution in [1.29, 1.82) is 0 Å². The Kier molecular flexibility index (Phi) is 5.58. The molecule has 6 nitrogen and oxygen atoms in total. The number of hydrogen-bond donors (Lipinski definition) is 3. The predicted octanol–water partition coefficient (Wildman–Crippen LogP) is 1.54. The summed E-state index contributed by atoms with van der Waals surface area (Å²) in [6, 6.07) is 2.50. The van der Waals surface area contributed by atoms with Gasteiger partial charge in [-0.25, -0.2) is 4.39 Å². The van der Waals surface area contributed by atoms with E-state index < -0.39 is 23.0 Å². The fourth-order valence-electron chi connectivity index (χ4n) is 4.82. The molecule has 1 unspecified atom stereocenters. The van der Waals surface area contributed by atoms with Crippen LogP contribution in [0.1, 0.15) is 61.0 Å². The number of aromatic hydroxyl groups is 1. The SMILES string of the molecule is CC1CCc2cc(F)cc3c(O)c(C(=O)NCCC[NH+]4CCCCC4)c(=O)n1c23. The van der Waals surface area contributed by atoms with Crippen LogP contribution in [0.4, 0.5) is 4.39 Å². The molecule has 1 fully saturated rings. The molecule has 1 aromatic heterocycles. The first kappa shape index (κ1) is 19.9. The van der Waals surface area contributed by atoms with Crippen molar-refractivity contribution >= 4 is 16.8 Å². The Morgan fingerprint density at radius 2 is 2.07 bits per heavy atom. The Balaban J connectivity index is 1.58. The molecule has 156 valence electrons. The number of hydrogen-bond acceptors (Lipinski definition) is 3. The van der Waals surface area contributed by atoms with E-state index in [9.17, 15) is 19.1 Å². The maximum absolute atomic E-state index is 14.1. The minimum Gasteiger partial charge on any atom is -0.506 e. The van der Waals surface area contributed by atoms with Crippen molar-refractivity contribution in [2.45, 2.75) is 51.5 Å². The summed E-state index contributed by atoms with van der Waals surface area (Å²) in [6.45, 7) is 5.70. The van der Waals surface area contributed by atoms with Crippen LogP contribution in [-0.2, 0) is 6.42 Å². The van der Waals surface area contributed by atoms with Gasteiger partial charge in [-0.05, 0) is 56.7 Å². The Hall–Kier alpha value is -2.41. The summed E-state index contributed by atoms with van der Waals surface area (Å²) in [4.78, 5) is 27.4. The second kappa shape index (κ2) is 8.14. The summed E-state index contributed by atoms with van der Waals surface area (Å²) in [5.41, 5.74) is 0.446. The predicted molar refractivity (Wildman–Crippen MR) is 109 cm³/mol. The van der Waals surface area contributed by atoms with Crippen LogP contribution in [0.2, 0.25) is 0 Å². The van der Waals surface area contributed by atoms with E-state index in [4.69, 9.17) is 0 Å². The quantitative estimate of drug-likeness (QED) is 0.664. The van der Waals surface area contributed by atoms with E-state index in [2.05, 4.69) is 5.32 Å². The Bertz CT molecular complexity index is 995. The number of amides is 1. The number of carbonyl (C=O) groups excluding carboxylic acids is 1. The molecule has 2 aliphatic rings. The van der Waals surface area contributed by atoms with E-state index in [0.29, 0.717) is 30.5 Å². The van der Waals surface area contributed by atoms with Crippen LogP contribution in [0.15, 0.2) is 16.9 Å². The molecule has 1 aromatic carbocycles. The molecule has 4 rings (SSSR count). The van der Waals surface area contributed by atoms with Gasteiger partial charge in [-0.1, -0.05) is 0 Å². The molecule has 29 heavy (non-hydrogen) atoms. The molecule has 2 aromatic rings. The normalized spacial score (nSPS) is 19.4. The highest BCUT2D eigenvalue weighted by atomic mass is 19.1. The van der Waals surface area contributed by atoms with Gasteiger partial charge in [0.25, 0.3) is 11.5 Å². The number of quaternary nitrogens is 1. The molecule has 0 spiro atoms. The number of likely N-dealkylation sites (tertiary alicyclic amines) is 1. The molecule has 0 aliphatic carbocycles. The van der Waals surface area contributed by atoms with Crippen LogP contribution in [-0.4, -0.2) is 41.8 Å². The first-order chi connectivity index (χ1) is 14.0. The maximum atomic E-state index is 14.1. The number of rotatable bonds is 5. The van der Waals surface area contributed by atoms with Crippen molar-refractivity contribution in [3.63, 3.8) is 0 Å². The molecule has 3 N–H and O–H groups in total. The van der Waals surface area contributed by atoms with Crippen molar-refractivity contribution < 1.29 is 19.2 Å². The lowest BCUT2D eigenvalue weighted by molar-refractivity contribution is -0.904. The highest BCUT2D eigenvalue weighted by molar-refractivity contribution is 6.03. The van der Waals surface area contributed by atoms with Crippen LogP contribution in [0.3, 0.4) is 0 Å². The van der Waals surface area contributed by atoms with Crippen LogP contribution < -0.4 is 15.8 Å². The minimum absolute atomic E-state index is 0.113. The summed E-state index contributed by atoms with van der Waals surface area (Å²) < 4.78 is 15.6. The molecule has 1 atom stereocenters. The Morgan fingerprint density at radius 3 is 2.83 bits per heavy atom. The third-order valence-electron chi connectivity index (χ3n) is 6.37. The smallest absolute Gasteiger partial charge is 0.267 e. The average molecular weight is 402 g/mol. The van der Waals surface area contributed by atoms with E-state index in [1.54, 1.807) is 9.47 Å². The van der Waals surface area contributed by atoms with Crippen LogP contribution in [0.5, 0.6) is 5.75 Å². The van der Waals surface area contributed by atoms with E-state index in [1.165, 1.54) is 44.5 Å². The third kappa shape index (κ3) is 3.75. The van der Waals surface area contributed by atoms with Gasteiger partial charge in [-0.2, -0.15) is 0 Å². The molecule has 1 saturated heterocycles. The van der Waals surface area contributed by atoms with E-state index in [1.807, 2.05) is 6.92 Å². The summed E-state index contributed by atoms with van der Waals surface area (Å²) in [5.74, 6) is -1.48. The fourth-order valence-corrected chi connectivity index (χ4v) is 4.82. The first-order valence-corrected chi connectivity index (χ1v) is 10.7. The van der Waals surface area contributed by atoms with Crippen molar-refractivity contribution in [1.82, 2.24) is 9.88 Å². The zero-order valence-electron chi connectivity index (χ0n) is 16.9. The van der Waals surface area contributed by atoms with Crippen LogP contribution in [0, 0.1) is 5.82 Å². The number of aryl methyl sites for hydroxylation is 1. The highest BCUT2D eigenvalue weighted by Gasteiger charge is 2.28. The number of pyridine rings is 1. The van der Waals surface area contributed by atoms with Gasteiger partial charge in [-0.15, -0.1) is 0 Å². The largest absolute Gasteiger partial charge is 0.506 e. The number of benzene rings is 1. The van der Waals surface area contributed by atoms with Gasteiger partial charge in [0.15, 0.2) is 0 Å². The lowest BCUT2D eigenvalue weighted by Gasteiger charge is -2.26. The van der Waals surface area contributed by atoms with Gasteiger partial charge < -0.3 is 19.9 Å². The zero-order valence-corrected chi connectivity index (χ0v) is 16.9. The summed E-state index contributed by atoms with van der Waals surface area (Å²) >= 11 is 0. The first-order valence-electron chi connectivity index (χ1n) is 10.7. The summed E-state index contributed by atoms with van der Waals surface area (Å²) in [5, 5.41) is 13.7. The second-order valence-corrected chi connectivity index (χ2v) is 8.42. The number of nitrogens with one attached hydrogen (secondary N) is 2. The number of aromatic nitrogens is 1. The standard InChI is InChI=1S/C22H28FN3O3/c1-14-6-7-15-12-16(23)13-17-19(15)26(14)22(29)18(20(17)27)21(28)24-8-5-11-25-9-3-2-4-10-25/h12-14,27H,2-11H2,1H3,(H,24,28)/p+1. The summed E-state index contributed by atoms with van der Waals surface area (Å²) in [7, 11) is 0. The minimum atomic E-state index is -0.588. The lowest BCUT2D eigenvalue weighted by atomic mass is 9.95. The zero-order chi connectivity index (χ0) is 20.5. The van der Waals surface area contributed by atoms with E-state index in [0.717, 1.165) is 13.0 Å². The maximum Gasteiger partial charge on any atom is 0.267 e. The Morgan fingerprint density at radius 1 is 1.31 bits per heavy atom. The van der Waals surface area contributed by atoms with Gasteiger partial charge in [-0.3, -0.25) is 9.59 Å². The van der Waals surface area contributed by atoms with Gasteiger partial charge in [0, 0.05) is 24.4 Å². The van der Waals surface area contributed by atoms with Crippen molar-refractivity contribution in [2.24, 2.45) is 0 Å². The second-order valence-electron chi connectivity index (χ2n) is 8.42. The van der Waals surface area contributed by atoms with Crippen molar-refractivity contribution in [3.8, 4) is 5.75 Å². The van der Waals surface area contributed by atoms with Crippen LogP contribution >= 0.6 is 0 Å². The number of piperidine rings is 1. The molecular formula is C22H29FN3O3+. The molecule has 0 radical (unpaired) electrons. The molecule has 1 amide bonds. The third-order valence-corrected chi connectivity index (χ3v) is 6.37. The number of halogens is 1. The topological polar surface area (TPSA) is 75.8 Å². The van der Waals surface area contributed by atoms with Gasteiger partial charge in [0.1, 0.15) is 17.1 Å². The average Bonchev–Trinajstić information content (AvgIpc) is 2.71. The van der Waals surface area contributed by atoms with E-state index in [-0.39, 0.29) is 17.0 Å². The molecule has 7 heteroatoms. The van der Waals surface area contributed by atoms with Gasteiger partial charge in [0.05, 0.1) is 25.2 Å².